The monoisotopic (exact) mass is 302 g/mol. The number of hydrogen-bond donors (Lipinski definition) is 4. The van der Waals surface area contributed by atoms with E-state index in [0.29, 0.717) is 6.61 Å². The van der Waals surface area contributed by atoms with E-state index in [1.54, 1.807) is 0 Å². The molecule has 1 amide bonds. The van der Waals surface area contributed by atoms with Crippen molar-refractivity contribution in [2.75, 3.05) is 19.8 Å². The summed E-state index contributed by atoms with van der Waals surface area (Å²) in [4.78, 5) is 33.7. The smallest absolute Gasteiger partial charge is 0.326 e. The topological polar surface area (TPSA) is 125 Å². The van der Waals surface area contributed by atoms with Crippen LogP contribution in [0.15, 0.2) is 0 Å². The highest BCUT2D eigenvalue weighted by atomic mass is 16.5. The first-order chi connectivity index (χ1) is 9.95. The van der Waals surface area contributed by atoms with Gasteiger partial charge in [-0.2, -0.15) is 0 Å². The Morgan fingerprint density at radius 2 is 2.00 bits per heavy atom. The number of ether oxygens (including phenoxy) is 1. The van der Waals surface area contributed by atoms with Crippen molar-refractivity contribution in [1.82, 2.24) is 10.6 Å². The van der Waals surface area contributed by atoms with Gasteiger partial charge < -0.3 is 25.6 Å². The molecule has 1 aliphatic heterocycles. The zero-order valence-electron chi connectivity index (χ0n) is 12.0. The summed E-state index contributed by atoms with van der Waals surface area (Å²) in [5.74, 6) is -3.20. The Bertz CT molecular complexity index is 387. The summed E-state index contributed by atoms with van der Waals surface area (Å²) < 4.78 is 5.26. The van der Waals surface area contributed by atoms with Crippen molar-refractivity contribution >= 4 is 17.8 Å². The van der Waals surface area contributed by atoms with Crippen LogP contribution in [0.5, 0.6) is 0 Å². The molecule has 0 saturated carbocycles. The molecule has 1 saturated heterocycles. The van der Waals surface area contributed by atoms with Crippen LogP contribution >= 0.6 is 0 Å². The first kappa shape index (κ1) is 17.4. The summed E-state index contributed by atoms with van der Waals surface area (Å²) in [5.41, 5.74) is 0. The maximum absolute atomic E-state index is 12.1. The van der Waals surface area contributed by atoms with Crippen LogP contribution in [0.3, 0.4) is 0 Å². The maximum Gasteiger partial charge on any atom is 0.326 e. The van der Waals surface area contributed by atoms with Crippen molar-refractivity contribution in [1.29, 1.82) is 0 Å². The van der Waals surface area contributed by atoms with Gasteiger partial charge in [-0.05, 0) is 19.4 Å². The summed E-state index contributed by atoms with van der Waals surface area (Å²) in [6.45, 7) is 3.40. The lowest BCUT2D eigenvalue weighted by molar-refractivity contribution is -0.143. The lowest BCUT2D eigenvalue weighted by atomic mass is 10.0. The number of hydrogen-bond acceptors (Lipinski definition) is 5. The fraction of sp³-hybridized carbons (Fsp3) is 0.769. The average Bonchev–Trinajstić information content (AvgIpc) is 2.88. The van der Waals surface area contributed by atoms with Crippen LogP contribution in [-0.4, -0.2) is 59.9 Å². The van der Waals surface area contributed by atoms with Crippen molar-refractivity contribution in [3.63, 3.8) is 0 Å². The number of carboxylic acids is 2. The van der Waals surface area contributed by atoms with E-state index in [4.69, 9.17) is 14.9 Å². The highest BCUT2D eigenvalue weighted by Crippen LogP contribution is 2.14. The van der Waals surface area contributed by atoms with Crippen LogP contribution in [0.4, 0.5) is 0 Å². The van der Waals surface area contributed by atoms with Crippen molar-refractivity contribution < 1.29 is 29.3 Å². The standard InChI is InChI=1S/C13H22N2O6/c1-2-5-14-10-7-21-6-8(10)12(18)15-9(13(19)20)3-4-11(16)17/h8-10,14H,2-7H2,1H3,(H,15,18)(H,16,17)(H,19,20). The van der Waals surface area contributed by atoms with Gasteiger partial charge in [0.2, 0.25) is 5.91 Å². The Morgan fingerprint density at radius 3 is 2.57 bits per heavy atom. The molecule has 1 rings (SSSR count). The molecule has 0 aromatic carbocycles. The minimum Gasteiger partial charge on any atom is -0.481 e. The molecule has 3 atom stereocenters. The molecular weight excluding hydrogens is 280 g/mol. The third kappa shape index (κ3) is 5.68. The van der Waals surface area contributed by atoms with Crippen molar-refractivity contribution in [3.05, 3.63) is 0 Å². The third-order valence-electron chi connectivity index (χ3n) is 3.34. The van der Waals surface area contributed by atoms with Crippen LogP contribution in [0.25, 0.3) is 0 Å². The van der Waals surface area contributed by atoms with Gasteiger partial charge in [0.1, 0.15) is 6.04 Å². The van der Waals surface area contributed by atoms with E-state index in [-0.39, 0.29) is 25.5 Å². The highest BCUT2D eigenvalue weighted by Gasteiger charge is 2.35. The fourth-order valence-corrected chi connectivity index (χ4v) is 2.15. The van der Waals surface area contributed by atoms with E-state index in [1.807, 2.05) is 6.92 Å². The molecule has 21 heavy (non-hydrogen) atoms. The first-order valence-corrected chi connectivity index (χ1v) is 7.01. The van der Waals surface area contributed by atoms with E-state index in [1.165, 1.54) is 0 Å². The highest BCUT2D eigenvalue weighted by molar-refractivity contribution is 5.86. The summed E-state index contributed by atoms with van der Waals surface area (Å²) in [5, 5.41) is 23.2. The van der Waals surface area contributed by atoms with Crippen molar-refractivity contribution in [2.45, 2.75) is 38.3 Å². The number of carboxylic acid groups (broad SMARTS) is 2. The molecule has 3 unspecified atom stereocenters. The molecule has 0 aliphatic carbocycles. The van der Waals surface area contributed by atoms with E-state index in [0.717, 1.165) is 13.0 Å². The van der Waals surface area contributed by atoms with Gasteiger partial charge in [0.15, 0.2) is 0 Å². The molecule has 1 aliphatic rings. The quantitative estimate of drug-likeness (QED) is 0.449. The van der Waals surface area contributed by atoms with Crippen molar-refractivity contribution in [2.24, 2.45) is 5.92 Å². The minimum absolute atomic E-state index is 0.140. The van der Waals surface area contributed by atoms with E-state index < -0.39 is 29.8 Å². The molecule has 8 heteroatoms. The van der Waals surface area contributed by atoms with E-state index >= 15 is 0 Å². The number of rotatable bonds is 9. The lowest BCUT2D eigenvalue weighted by Gasteiger charge is -2.21. The van der Waals surface area contributed by atoms with Gasteiger partial charge in [-0.3, -0.25) is 9.59 Å². The number of aliphatic carboxylic acids is 2. The minimum atomic E-state index is -1.23. The number of carbonyl (C=O) groups excluding carboxylic acids is 1. The second kappa shape index (κ2) is 8.58. The largest absolute Gasteiger partial charge is 0.481 e. The molecule has 1 heterocycles. The molecule has 120 valence electrons. The summed E-state index contributed by atoms with van der Waals surface area (Å²) in [7, 11) is 0. The SMILES string of the molecule is CCCNC1COCC1C(=O)NC(CCC(=O)O)C(=O)O. The molecule has 1 fully saturated rings. The Morgan fingerprint density at radius 1 is 1.29 bits per heavy atom. The van der Waals surface area contributed by atoms with Crippen LogP contribution in [-0.2, 0) is 19.1 Å². The van der Waals surface area contributed by atoms with Gasteiger partial charge >= 0.3 is 11.9 Å². The van der Waals surface area contributed by atoms with E-state index in [2.05, 4.69) is 10.6 Å². The Labute approximate surface area is 122 Å². The zero-order chi connectivity index (χ0) is 15.8. The normalized spacial score (nSPS) is 22.7. The molecule has 0 aromatic heterocycles. The molecule has 0 spiro atoms. The van der Waals surface area contributed by atoms with Gasteiger partial charge in [0.05, 0.1) is 19.1 Å². The van der Waals surface area contributed by atoms with Gasteiger partial charge in [0.25, 0.3) is 0 Å². The van der Waals surface area contributed by atoms with Crippen LogP contribution in [0.1, 0.15) is 26.2 Å². The van der Waals surface area contributed by atoms with E-state index in [9.17, 15) is 14.4 Å². The Balaban J connectivity index is 2.55. The van der Waals surface area contributed by atoms with Crippen molar-refractivity contribution in [3.8, 4) is 0 Å². The van der Waals surface area contributed by atoms with Gasteiger partial charge in [-0.15, -0.1) is 0 Å². The second-order valence-electron chi connectivity index (χ2n) is 5.04. The van der Waals surface area contributed by atoms with Gasteiger partial charge in [-0.1, -0.05) is 6.92 Å². The van der Waals surface area contributed by atoms with Crippen LogP contribution in [0, 0.1) is 5.92 Å². The molecule has 0 radical (unpaired) electrons. The first-order valence-electron chi connectivity index (χ1n) is 7.01. The number of amides is 1. The second-order valence-corrected chi connectivity index (χ2v) is 5.04. The maximum atomic E-state index is 12.1. The predicted molar refractivity (Wildman–Crippen MR) is 72.8 cm³/mol. The number of nitrogens with one attached hydrogen (secondary N) is 2. The summed E-state index contributed by atoms with van der Waals surface area (Å²) in [6, 6.07) is -1.33. The molecule has 8 nitrogen and oxygen atoms in total. The van der Waals surface area contributed by atoms with Crippen LogP contribution < -0.4 is 10.6 Å². The Hall–Kier alpha value is -1.67. The Kier molecular flexibility index (Phi) is 7.10. The number of carbonyl (C=O) groups is 3. The van der Waals surface area contributed by atoms with Crippen LogP contribution in [0.2, 0.25) is 0 Å². The third-order valence-corrected chi connectivity index (χ3v) is 3.34. The molecular formula is C13H22N2O6. The lowest BCUT2D eigenvalue weighted by Crippen LogP contribution is -2.49. The molecule has 0 aromatic rings. The van der Waals surface area contributed by atoms with Gasteiger partial charge in [-0.25, -0.2) is 4.79 Å². The predicted octanol–water partition coefficient (Wildman–Crippen LogP) is -0.565. The summed E-state index contributed by atoms with van der Waals surface area (Å²) in [6.07, 6.45) is 0.466. The fourth-order valence-electron chi connectivity index (χ4n) is 2.15. The average molecular weight is 302 g/mol. The zero-order valence-corrected chi connectivity index (χ0v) is 12.0. The summed E-state index contributed by atoms with van der Waals surface area (Å²) >= 11 is 0. The molecule has 4 N–H and O–H groups in total. The van der Waals surface area contributed by atoms with Gasteiger partial charge in [0, 0.05) is 12.5 Å². The molecule has 0 bridgehead atoms.